The van der Waals surface area contributed by atoms with Gasteiger partial charge in [0.1, 0.15) is 17.9 Å². The summed E-state index contributed by atoms with van der Waals surface area (Å²) < 4.78 is 56.3. The van der Waals surface area contributed by atoms with Gasteiger partial charge in [0.25, 0.3) is 11.5 Å². The predicted molar refractivity (Wildman–Crippen MR) is 144 cm³/mol. The first-order valence-electron chi connectivity index (χ1n) is 11.5. The van der Waals surface area contributed by atoms with Crippen molar-refractivity contribution in [2.24, 2.45) is 0 Å². The summed E-state index contributed by atoms with van der Waals surface area (Å²) in [6.45, 7) is -8.26. The number of hydrogen-bond acceptors (Lipinski definition) is 12. The first-order valence-corrected chi connectivity index (χ1v) is 16.8. The Kier molecular flexibility index (Phi) is 8.41. The number of nitrogen functional groups attached to an aromatic ring is 1. The number of H-pyrrole nitrogens is 2. The maximum absolute atomic E-state index is 14.9. The van der Waals surface area contributed by atoms with Crippen LogP contribution in [0.15, 0.2) is 29.5 Å². The van der Waals surface area contributed by atoms with Crippen molar-refractivity contribution in [1.82, 2.24) is 29.5 Å². The standard InChI is InChI=1S/C19H23FN8O8P2S2/c1-32-37(30,39)34-6-5-27-12(24-11-3-2-4-22-15(11)27)8-35-38(31,40)36-14-10(20)7-33-18(14)28-9-23-13-16(28)25-19(21)26-17(13)29/h2-4,9-10,14,18H,5-8H2,1H3,(H5,21,25,26,29,30,31,39,40)/p+1. The van der Waals surface area contributed by atoms with E-state index in [0.29, 0.717) is 11.2 Å². The molecule has 0 aromatic carbocycles. The molecule has 0 saturated carbocycles. The zero-order valence-corrected chi connectivity index (χ0v) is 24.1. The van der Waals surface area contributed by atoms with Gasteiger partial charge in [-0.3, -0.25) is 23.8 Å². The Morgan fingerprint density at radius 1 is 1.43 bits per heavy atom. The molecule has 5 rings (SSSR count). The lowest BCUT2D eigenvalue weighted by Crippen LogP contribution is -2.46. The first kappa shape index (κ1) is 29.2. The molecular weight excluding hydrogens is 613 g/mol. The van der Waals surface area contributed by atoms with E-state index in [0.717, 1.165) is 0 Å². The highest BCUT2D eigenvalue weighted by molar-refractivity contribution is 8.44. The fourth-order valence-electron chi connectivity index (χ4n) is 4.07. The summed E-state index contributed by atoms with van der Waals surface area (Å²) in [5.41, 5.74) is 6.26. The Labute approximate surface area is 234 Å². The van der Waals surface area contributed by atoms with E-state index in [2.05, 4.69) is 37.2 Å². The number of thiol groups is 1. The molecule has 5 atom stereocenters. The summed E-state index contributed by atoms with van der Waals surface area (Å²) >= 11 is 9.01. The number of ether oxygens (including phenoxy) is 1. The second-order valence-corrected chi connectivity index (χ2v) is 14.2. The topological polar surface area (TPSA) is 206 Å². The minimum Gasteiger partial charge on any atom is -0.355 e. The normalized spacial score (nSPS) is 22.6. The van der Waals surface area contributed by atoms with E-state index in [1.54, 1.807) is 22.9 Å². The molecular formula is C19H24FN8O8P2S2+. The maximum atomic E-state index is 14.9. The molecule has 1 fully saturated rings. The summed E-state index contributed by atoms with van der Waals surface area (Å²) in [7, 11) is 1.21. The molecule has 0 aliphatic carbocycles. The number of nitrogens with one attached hydrogen (secondary N) is 2. The highest BCUT2D eigenvalue weighted by Gasteiger charge is 2.46. The molecule has 21 heteroatoms. The van der Waals surface area contributed by atoms with Gasteiger partial charge in [-0.1, -0.05) is 17.2 Å². The van der Waals surface area contributed by atoms with E-state index in [1.165, 1.54) is 18.0 Å². The second-order valence-electron chi connectivity index (χ2n) is 8.39. The molecule has 0 spiro atoms. The van der Waals surface area contributed by atoms with Gasteiger partial charge in [-0.25, -0.2) is 23.5 Å². The van der Waals surface area contributed by atoms with Gasteiger partial charge in [0.2, 0.25) is 11.7 Å². The molecule has 5 N–H and O–H groups in total. The molecule has 0 amide bonds. The van der Waals surface area contributed by atoms with Crippen molar-refractivity contribution >= 4 is 65.8 Å². The third-order valence-corrected chi connectivity index (χ3v) is 9.19. The van der Waals surface area contributed by atoms with Crippen LogP contribution in [0.3, 0.4) is 0 Å². The van der Waals surface area contributed by atoms with Crippen molar-refractivity contribution < 1.29 is 41.2 Å². The van der Waals surface area contributed by atoms with Crippen LogP contribution < -0.4 is 15.9 Å². The lowest BCUT2D eigenvalue weighted by molar-refractivity contribution is -0.742. The first-order chi connectivity index (χ1) is 19.0. The van der Waals surface area contributed by atoms with E-state index in [9.17, 15) is 18.6 Å². The lowest BCUT2D eigenvalue weighted by Gasteiger charge is -2.23. The number of alkyl halides is 1. The molecule has 1 aliphatic heterocycles. The number of aromatic amines is 2. The quantitative estimate of drug-likeness (QED) is 0.0893. The van der Waals surface area contributed by atoms with Gasteiger partial charge in [0, 0.05) is 19.9 Å². The Morgan fingerprint density at radius 3 is 3.00 bits per heavy atom. The Bertz CT molecular complexity index is 1700. The van der Waals surface area contributed by atoms with Crippen LogP contribution in [0, 0.1) is 0 Å². The van der Waals surface area contributed by atoms with Crippen LogP contribution >= 0.6 is 25.8 Å². The summed E-state index contributed by atoms with van der Waals surface area (Å²) in [5, 5.41) is 0. The predicted octanol–water partition coefficient (Wildman–Crippen LogP) is 1.25. The van der Waals surface area contributed by atoms with Crippen LogP contribution in [-0.2, 0) is 52.4 Å². The summed E-state index contributed by atoms with van der Waals surface area (Å²) in [4.78, 5) is 40.9. The van der Waals surface area contributed by atoms with Gasteiger partial charge in [0.05, 0.1) is 13.2 Å². The fraction of sp³-hybridized carbons (Fsp3) is 0.421. The molecule has 4 aromatic heterocycles. The third kappa shape index (κ3) is 6.13. The van der Waals surface area contributed by atoms with Crippen molar-refractivity contribution in [3.8, 4) is 0 Å². The average Bonchev–Trinajstić information content (AvgIpc) is 3.58. The summed E-state index contributed by atoms with van der Waals surface area (Å²) in [5.74, 6) is 0.132. The number of imidazole rings is 2. The van der Waals surface area contributed by atoms with Crippen molar-refractivity contribution in [2.75, 3.05) is 26.1 Å². The van der Waals surface area contributed by atoms with Crippen LogP contribution in [0.25, 0.3) is 22.3 Å². The number of hydrogen-bond donors (Lipinski definition) is 5. The number of pyridine rings is 1. The molecule has 0 bridgehead atoms. The lowest BCUT2D eigenvalue weighted by atomic mass is 10.2. The highest BCUT2D eigenvalue weighted by atomic mass is 32.7. The van der Waals surface area contributed by atoms with Crippen molar-refractivity contribution in [3.05, 3.63) is 40.8 Å². The Hall–Kier alpha value is -2.31. The molecule has 1 saturated heterocycles. The second kappa shape index (κ2) is 11.5. The molecule has 4 aromatic rings. The van der Waals surface area contributed by atoms with Crippen molar-refractivity contribution in [3.63, 3.8) is 0 Å². The molecule has 5 unspecified atom stereocenters. The van der Waals surface area contributed by atoms with E-state index in [-0.39, 0.29) is 49.3 Å². The van der Waals surface area contributed by atoms with Crippen LogP contribution in [0.4, 0.5) is 10.3 Å². The van der Waals surface area contributed by atoms with E-state index in [4.69, 9.17) is 40.4 Å². The minimum absolute atomic E-state index is 0.0682. The number of nitrogens with two attached hydrogens (primary N) is 1. The van der Waals surface area contributed by atoms with Crippen LogP contribution in [0.2, 0.25) is 0 Å². The zero-order chi connectivity index (χ0) is 28.7. The minimum atomic E-state index is -4.09. The van der Waals surface area contributed by atoms with Gasteiger partial charge in [-0.2, -0.15) is 0 Å². The van der Waals surface area contributed by atoms with Gasteiger partial charge in [0.15, 0.2) is 24.3 Å². The number of aromatic nitrogens is 7. The fourth-order valence-corrected chi connectivity index (χ4v) is 6.08. The molecule has 0 radical (unpaired) electrons. The van der Waals surface area contributed by atoms with Gasteiger partial charge >= 0.3 is 19.2 Å². The molecule has 40 heavy (non-hydrogen) atoms. The Morgan fingerprint density at radius 2 is 2.23 bits per heavy atom. The number of halogens is 1. The highest BCUT2D eigenvalue weighted by Crippen LogP contribution is 2.52. The van der Waals surface area contributed by atoms with E-state index in [1.807, 2.05) is 0 Å². The molecule has 216 valence electrons. The maximum Gasteiger partial charge on any atom is 0.385 e. The number of fused-ring (bicyclic) bond motifs is 2. The SMILES string of the molecule is COP(=O)(S)OCCn1c(COP(O)(=S)OC2C(F)COC2[n+]2c[nH]c3c(=O)[nH]c(N)nc32)nc2cccnc21. The van der Waals surface area contributed by atoms with Gasteiger partial charge in [-0.15, -0.1) is 0 Å². The molecule has 16 nitrogen and oxygen atoms in total. The smallest absolute Gasteiger partial charge is 0.355 e. The number of nitrogens with zero attached hydrogens (tertiary/aromatic N) is 5. The number of anilines is 1. The van der Waals surface area contributed by atoms with Crippen LogP contribution in [0.5, 0.6) is 0 Å². The zero-order valence-electron chi connectivity index (χ0n) is 20.6. The van der Waals surface area contributed by atoms with Crippen LogP contribution in [-0.4, -0.2) is 67.0 Å². The summed E-state index contributed by atoms with van der Waals surface area (Å²) in [6, 6.07) is 3.40. The third-order valence-electron chi connectivity index (χ3n) is 5.84. The monoisotopic (exact) mass is 637 g/mol. The van der Waals surface area contributed by atoms with Crippen molar-refractivity contribution in [2.45, 2.75) is 31.7 Å². The largest absolute Gasteiger partial charge is 0.385 e. The average molecular weight is 638 g/mol. The molecule has 1 aliphatic rings. The van der Waals surface area contributed by atoms with Gasteiger partial charge in [-0.05, 0) is 23.9 Å². The molecule has 5 heterocycles. The van der Waals surface area contributed by atoms with E-state index < -0.39 is 37.6 Å². The summed E-state index contributed by atoms with van der Waals surface area (Å²) in [6.07, 6.45) is -1.35. The number of rotatable bonds is 11. The Balaban J connectivity index is 1.33. The van der Waals surface area contributed by atoms with Crippen LogP contribution in [0.1, 0.15) is 12.1 Å². The van der Waals surface area contributed by atoms with Gasteiger partial charge < -0.3 is 29.0 Å². The van der Waals surface area contributed by atoms with Crippen molar-refractivity contribution in [1.29, 1.82) is 0 Å². The van der Waals surface area contributed by atoms with E-state index >= 15 is 0 Å².